The van der Waals surface area contributed by atoms with Gasteiger partial charge in [-0.2, -0.15) is 0 Å². The van der Waals surface area contributed by atoms with E-state index >= 15 is 0 Å². The number of halogens is 1. The Labute approximate surface area is 176 Å². The molecule has 29 heavy (non-hydrogen) atoms. The number of rotatable bonds is 8. The first-order valence-corrected chi connectivity index (χ1v) is 11.4. The quantitative estimate of drug-likeness (QED) is 0.682. The van der Waals surface area contributed by atoms with Crippen molar-refractivity contribution < 1.29 is 18.0 Å². The van der Waals surface area contributed by atoms with Crippen molar-refractivity contribution in [2.45, 2.75) is 32.1 Å². The Hall–Kier alpha value is -2.38. The summed E-state index contributed by atoms with van der Waals surface area (Å²) in [5, 5.41) is 3.02. The lowest BCUT2D eigenvalue weighted by Gasteiger charge is -2.19. The molecule has 1 N–H and O–H groups in total. The molecule has 0 atom stereocenters. The SMILES string of the molecule is CCN(CC)C(=O)c1ccc(NC(=O)Cc2ccc(S(=O)(=O)CC)cc2)cc1Cl. The van der Waals surface area contributed by atoms with Crippen molar-refractivity contribution in [1.29, 1.82) is 0 Å². The van der Waals surface area contributed by atoms with Crippen molar-refractivity contribution in [3.05, 3.63) is 58.6 Å². The van der Waals surface area contributed by atoms with Crippen molar-refractivity contribution in [2.24, 2.45) is 0 Å². The molecule has 8 heteroatoms. The van der Waals surface area contributed by atoms with Crippen molar-refractivity contribution in [3.63, 3.8) is 0 Å². The van der Waals surface area contributed by atoms with Crippen molar-refractivity contribution >= 4 is 38.9 Å². The molecule has 0 aliphatic heterocycles. The average molecular weight is 437 g/mol. The molecule has 0 fully saturated rings. The molecule has 0 saturated carbocycles. The number of hydrogen-bond donors (Lipinski definition) is 1. The molecule has 0 aliphatic rings. The van der Waals surface area contributed by atoms with Crippen LogP contribution in [0.2, 0.25) is 5.02 Å². The van der Waals surface area contributed by atoms with Crippen LogP contribution in [0.25, 0.3) is 0 Å². The fourth-order valence-electron chi connectivity index (χ4n) is 2.82. The highest BCUT2D eigenvalue weighted by molar-refractivity contribution is 7.91. The molecule has 0 saturated heterocycles. The molecule has 156 valence electrons. The molecule has 0 spiro atoms. The first kappa shape index (κ1) is 22.9. The van der Waals surface area contributed by atoms with Crippen LogP contribution < -0.4 is 5.32 Å². The highest BCUT2D eigenvalue weighted by Crippen LogP contribution is 2.23. The van der Waals surface area contributed by atoms with Crippen LogP contribution in [0.5, 0.6) is 0 Å². The third-order valence-corrected chi connectivity index (χ3v) is 6.62. The highest BCUT2D eigenvalue weighted by atomic mass is 35.5. The topological polar surface area (TPSA) is 83.6 Å². The third kappa shape index (κ3) is 5.81. The van der Waals surface area contributed by atoms with E-state index in [1.807, 2.05) is 13.8 Å². The van der Waals surface area contributed by atoms with Gasteiger partial charge in [-0.15, -0.1) is 0 Å². The monoisotopic (exact) mass is 436 g/mol. The van der Waals surface area contributed by atoms with Crippen LogP contribution in [0.3, 0.4) is 0 Å². The summed E-state index contributed by atoms with van der Waals surface area (Å²) in [5.74, 6) is -0.393. The van der Waals surface area contributed by atoms with Crippen LogP contribution in [-0.4, -0.2) is 44.0 Å². The predicted molar refractivity (Wildman–Crippen MR) is 115 cm³/mol. The molecular formula is C21H25ClN2O4S. The number of hydrogen-bond acceptors (Lipinski definition) is 4. The van der Waals surface area contributed by atoms with Crippen molar-refractivity contribution in [3.8, 4) is 0 Å². The number of nitrogens with one attached hydrogen (secondary N) is 1. The number of nitrogens with zero attached hydrogens (tertiary/aromatic N) is 1. The highest BCUT2D eigenvalue weighted by Gasteiger charge is 2.17. The Morgan fingerprint density at radius 1 is 1.00 bits per heavy atom. The summed E-state index contributed by atoms with van der Waals surface area (Å²) in [4.78, 5) is 26.6. The Bertz CT molecular complexity index is 984. The maximum Gasteiger partial charge on any atom is 0.255 e. The summed E-state index contributed by atoms with van der Waals surface area (Å²) in [6.45, 7) is 6.55. The Kier molecular flexibility index (Phi) is 7.81. The number of sulfone groups is 1. The second kappa shape index (κ2) is 9.89. The standard InChI is InChI=1S/C21H25ClN2O4S/c1-4-24(5-2)21(26)18-12-9-16(14-19(18)22)23-20(25)13-15-7-10-17(11-8-15)29(27,28)6-3/h7-12,14H,4-6,13H2,1-3H3,(H,23,25). The number of amides is 2. The summed E-state index contributed by atoms with van der Waals surface area (Å²) in [6, 6.07) is 11.0. The van der Waals surface area contributed by atoms with Crippen molar-refractivity contribution in [2.75, 3.05) is 24.2 Å². The van der Waals surface area contributed by atoms with Gasteiger partial charge in [0.05, 0.1) is 27.7 Å². The summed E-state index contributed by atoms with van der Waals surface area (Å²) in [5.41, 5.74) is 1.57. The zero-order valence-electron chi connectivity index (χ0n) is 16.7. The van der Waals surface area contributed by atoms with E-state index < -0.39 is 9.84 Å². The maximum atomic E-state index is 12.4. The maximum absolute atomic E-state index is 12.4. The van der Waals surface area contributed by atoms with Crippen LogP contribution in [0.1, 0.15) is 36.7 Å². The van der Waals surface area contributed by atoms with E-state index in [2.05, 4.69) is 5.32 Å². The zero-order valence-corrected chi connectivity index (χ0v) is 18.3. The molecule has 0 heterocycles. The second-order valence-corrected chi connectivity index (χ2v) is 9.13. The molecule has 6 nitrogen and oxygen atoms in total. The smallest absolute Gasteiger partial charge is 0.255 e. The van der Waals surface area contributed by atoms with Gasteiger partial charge >= 0.3 is 0 Å². The van der Waals surface area contributed by atoms with Crippen LogP contribution in [0.15, 0.2) is 47.4 Å². The second-order valence-electron chi connectivity index (χ2n) is 6.44. The minimum Gasteiger partial charge on any atom is -0.339 e. The molecule has 0 aliphatic carbocycles. The normalized spacial score (nSPS) is 11.2. The number of carbonyl (C=O) groups excluding carboxylic acids is 2. The molecule has 2 rings (SSSR count). The minimum absolute atomic E-state index is 0.0281. The fourth-order valence-corrected chi connectivity index (χ4v) is 3.96. The lowest BCUT2D eigenvalue weighted by Crippen LogP contribution is -2.30. The molecule has 0 aromatic heterocycles. The van der Waals surface area contributed by atoms with E-state index in [-0.39, 0.29) is 33.9 Å². The third-order valence-electron chi connectivity index (χ3n) is 4.56. The number of carbonyl (C=O) groups is 2. The first-order chi connectivity index (χ1) is 13.7. The van der Waals surface area contributed by atoms with E-state index in [4.69, 9.17) is 11.6 Å². The van der Waals surface area contributed by atoms with Gasteiger partial charge in [0.15, 0.2) is 9.84 Å². The lowest BCUT2D eigenvalue weighted by molar-refractivity contribution is -0.115. The Balaban J connectivity index is 2.06. The van der Waals surface area contributed by atoms with Gasteiger partial charge in [0.2, 0.25) is 5.91 Å². The number of benzene rings is 2. The predicted octanol–water partition coefficient (Wildman–Crippen LogP) is 3.80. The minimum atomic E-state index is -3.26. The molecule has 2 aromatic carbocycles. The molecular weight excluding hydrogens is 412 g/mol. The van der Waals surface area contributed by atoms with Gasteiger partial charge in [-0.25, -0.2) is 8.42 Å². The van der Waals surface area contributed by atoms with Gasteiger partial charge in [-0.3, -0.25) is 9.59 Å². The number of anilines is 1. The fraction of sp³-hybridized carbons (Fsp3) is 0.333. The van der Waals surface area contributed by atoms with Crippen LogP contribution in [0, 0.1) is 0 Å². The summed E-state index contributed by atoms with van der Waals surface area (Å²) < 4.78 is 23.7. The summed E-state index contributed by atoms with van der Waals surface area (Å²) in [7, 11) is -3.26. The van der Waals surface area contributed by atoms with Gasteiger partial charge < -0.3 is 10.2 Å². The van der Waals surface area contributed by atoms with Gasteiger partial charge in [0.1, 0.15) is 0 Å². The van der Waals surface area contributed by atoms with E-state index in [0.717, 1.165) is 0 Å². The lowest BCUT2D eigenvalue weighted by atomic mass is 10.1. The van der Waals surface area contributed by atoms with Gasteiger partial charge in [-0.1, -0.05) is 30.7 Å². The van der Waals surface area contributed by atoms with E-state index in [1.54, 1.807) is 42.2 Å². The van der Waals surface area contributed by atoms with Crippen LogP contribution >= 0.6 is 11.6 Å². The Morgan fingerprint density at radius 3 is 2.14 bits per heavy atom. The van der Waals surface area contributed by atoms with Crippen LogP contribution in [-0.2, 0) is 21.1 Å². The van der Waals surface area contributed by atoms with Crippen molar-refractivity contribution in [1.82, 2.24) is 4.90 Å². The van der Waals surface area contributed by atoms with E-state index in [9.17, 15) is 18.0 Å². The zero-order chi connectivity index (χ0) is 21.6. The van der Waals surface area contributed by atoms with E-state index in [0.29, 0.717) is 29.9 Å². The van der Waals surface area contributed by atoms with Gasteiger partial charge in [-0.05, 0) is 49.7 Å². The molecule has 0 radical (unpaired) electrons. The Morgan fingerprint density at radius 2 is 1.62 bits per heavy atom. The molecule has 2 aromatic rings. The first-order valence-electron chi connectivity index (χ1n) is 9.42. The van der Waals surface area contributed by atoms with Gasteiger partial charge in [0, 0.05) is 18.8 Å². The molecule has 0 bridgehead atoms. The van der Waals surface area contributed by atoms with E-state index in [1.165, 1.54) is 12.1 Å². The molecule has 2 amide bonds. The summed E-state index contributed by atoms with van der Waals surface area (Å²) >= 11 is 6.24. The average Bonchev–Trinajstić information content (AvgIpc) is 2.69. The summed E-state index contributed by atoms with van der Waals surface area (Å²) in [6.07, 6.45) is 0.0875. The molecule has 0 unspecified atom stereocenters. The van der Waals surface area contributed by atoms with Gasteiger partial charge in [0.25, 0.3) is 5.91 Å². The largest absolute Gasteiger partial charge is 0.339 e. The van der Waals surface area contributed by atoms with Crippen LogP contribution in [0.4, 0.5) is 5.69 Å².